The Kier molecular flexibility index (Phi) is 6.45. The number of carbonyl (C=O) groups excluding carboxylic acids is 3. The number of hydrogen-bond acceptors (Lipinski definition) is 5. The van der Waals surface area contributed by atoms with Gasteiger partial charge in [-0.25, -0.2) is 0 Å². The van der Waals surface area contributed by atoms with Gasteiger partial charge in [-0.15, -0.1) is 0 Å². The first kappa shape index (κ1) is 21.9. The van der Waals surface area contributed by atoms with E-state index in [0.29, 0.717) is 19.6 Å². The van der Waals surface area contributed by atoms with Crippen molar-refractivity contribution < 1.29 is 32.6 Å². The van der Waals surface area contributed by atoms with Crippen LogP contribution in [0.1, 0.15) is 49.5 Å². The molecule has 7 nitrogen and oxygen atoms in total. The molecule has 2 heterocycles. The Hall–Kier alpha value is -3.33. The molecule has 3 amide bonds. The summed E-state index contributed by atoms with van der Waals surface area (Å²) in [7, 11) is 0. The molecule has 4 rings (SSSR count). The molecule has 1 fully saturated rings. The first-order valence-electron chi connectivity index (χ1n) is 10.4. The SMILES string of the molecule is O=C(NCCc1ccc(OC(F)F)cc1)c1ccc2c(c1)C(=O)N(CC1CCCO1)C2=O. The van der Waals surface area contributed by atoms with E-state index in [1.807, 2.05) is 0 Å². The van der Waals surface area contributed by atoms with E-state index in [9.17, 15) is 23.2 Å². The van der Waals surface area contributed by atoms with E-state index in [-0.39, 0.29) is 46.9 Å². The van der Waals surface area contributed by atoms with E-state index < -0.39 is 12.5 Å². The quantitative estimate of drug-likeness (QED) is 0.633. The number of alkyl halides is 2. The smallest absolute Gasteiger partial charge is 0.387 e. The van der Waals surface area contributed by atoms with E-state index in [1.54, 1.807) is 12.1 Å². The number of ether oxygens (including phenoxy) is 2. The fourth-order valence-electron chi connectivity index (χ4n) is 3.85. The van der Waals surface area contributed by atoms with E-state index in [1.165, 1.54) is 35.2 Å². The van der Waals surface area contributed by atoms with Crippen LogP contribution in [0.4, 0.5) is 8.78 Å². The standard InChI is InChI=1S/C23H22F2N2O5/c24-23(25)32-16-6-3-14(4-7-16)9-10-26-20(28)15-5-8-18-19(12-15)22(30)27(21(18)29)13-17-2-1-11-31-17/h3-8,12,17,23H,1-2,9-11,13H2,(H,26,28). The zero-order valence-electron chi connectivity index (χ0n) is 17.2. The van der Waals surface area contributed by atoms with Crippen molar-refractivity contribution in [3.05, 3.63) is 64.7 Å². The first-order chi connectivity index (χ1) is 15.4. The minimum atomic E-state index is -2.88. The average Bonchev–Trinajstić information content (AvgIpc) is 3.37. The van der Waals surface area contributed by atoms with E-state index in [4.69, 9.17) is 4.74 Å². The highest BCUT2D eigenvalue weighted by molar-refractivity contribution is 6.22. The van der Waals surface area contributed by atoms with Gasteiger partial charge in [0.25, 0.3) is 17.7 Å². The largest absolute Gasteiger partial charge is 0.435 e. The number of carbonyl (C=O) groups is 3. The molecule has 0 saturated carbocycles. The molecule has 9 heteroatoms. The number of hydrogen-bond donors (Lipinski definition) is 1. The van der Waals surface area contributed by atoms with Gasteiger partial charge in [0, 0.05) is 18.7 Å². The average molecular weight is 444 g/mol. The molecule has 168 valence electrons. The molecular weight excluding hydrogens is 422 g/mol. The molecule has 0 radical (unpaired) electrons. The summed E-state index contributed by atoms with van der Waals surface area (Å²) < 4.78 is 34.2. The van der Waals surface area contributed by atoms with Crippen molar-refractivity contribution in [2.45, 2.75) is 32.0 Å². The lowest BCUT2D eigenvalue weighted by atomic mass is 10.1. The van der Waals surface area contributed by atoms with Gasteiger partial charge in [0.1, 0.15) is 5.75 Å². The third kappa shape index (κ3) is 4.77. The second-order valence-corrected chi connectivity index (χ2v) is 7.64. The molecule has 2 aromatic carbocycles. The van der Waals surface area contributed by atoms with Crippen LogP contribution in [-0.4, -0.2) is 55.0 Å². The maximum atomic E-state index is 12.7. The van der Waals surface area contributed by atoms with Crippen molar-refractivity contribution in [1.29, 1.82) is 0 Å². The van der Waals surface area contributed by atoms with Crippen LogP contribution in [0.25, 0.3) is 0 Å². The van der Waals surface area contributed by atoms with Crippen LogP contribution >= 0.6 is 0 Å². The van der Waals surface area contributed by atoms with E-state index in [0.717, 1.165) is 18.4 Å². The predicted molar refractivity (Wildman–Crippen MR) is 110 cm³/mol. The molecule has 0 spiro atoms. The highest BCUT2D eigenvalue weighted by Crippen LogP contribution is 2.26. The molecule has 0 bridgehead atoms. The van der Waals surface area contributed by atoms with Gasteiger partial charge in [0.05, 0.1) is 23.8 Å². The lowest BCUT2D eigenvalue weighted by molar-refractivity contribution is -0.0498. The van der Waals surface area contributed by atoms with Crippen LogP contribution in [0.3, 0.4) is 0 Å². The summed E-state index contributed by atoms with van der Waals surface area (Å²) in [4.78, 5) is 39.0. The normalized spacial score (nSPS) is 17.7. The predicted octanol–water partition coefficient (Wildman–Crippen LogP) is 3.04. The highest BCUT2D eigenvalue weighted by Gasteiger charge is 2.37. The fraction of sp³-hybridized carbons (Fsp3) is 0.348. The number of nitrogens with zero attached hydrogens (tertiary/aromatic N) is 1. The minimum Gasteiger partial charge on any atom is -0.435 e. The third-order valence-electron chi connectivity index (χ3n) is 5.49. The minimum absolute atomic E-state index is 0.0682. The van der Waals surface area contributed by atoms with Gasteiger partial charge in [-0.3, -0.25) is 19.3 Å². The Morgan fingerprint density at radius 3 is 2.56 bits per heavy atom. The van der Waals surface area contributed by atoms with Crippen LogP contribution in [-0.2, 0) is 11.2 Å². The zero-order chi connectivity index (χ0) is 22.7. The molecule has 0 aromatic heterocycles. The Balaban J connectivity index is 1.34. The maximum Gasteiger partial charge on any atom is 0.387 e. The number of halogens is 2. The van der Waals surface area contributed by atoms with Gasteiger partial charge >= 0.3 is 6.61 Å². The van der Waals surface area contributed by atoms with E-state index >= 15 is 0 Å². The van der Waals surface area contributed by atoms with Crippen molar-refractivity contribution in [3.8, 4) is 5.75 Å². The number of fused-ring (bicyclic) bond motifs is 1. The topological polar surface area (TPSA) is 84.9 Å². The van der Waals surface area contributed by atoms with Crippen molar-refractivity contribution in [3.63, 3.8) is 0 Å². The molecule has 32 heavy (non-hydrogen) atoms. The first-order valence-corrected chi connectivity index (χ1v) is 10.4. The lowest BCUT2D eigenvalue weighted by Gasteiger charge is -2.17. The second kappa shape index (κ2) is 9.44. The zero-order valence-corrected chi connectivity index (χ0v) is 17.2. The Morgan fingerprint density at radius 2 is 1.88 bits per heavy atom. The Morgan fingerprint density at radius 1 is 1.12 bits per heavy atom. The van der Waals surface area contributed by atoms with Gasteiger partial charge in [0.15, 0.2) is 0 Å². The van der Waals surface area contributed by atoms with Crippen LogP contribution in [0.5, 0.6) is 5.75 Å². The summed E-state index contributed by atoms with van der Waals surface area (Å²) in [5, 5.41) is 2.76. The summed E-state index contributed by atoms with van der Waals surface area (Å²) in [6, 6.07) is 10.6. The fourth-order valence-corrected chi connectivity index (χ4v) is 3.85. The second-order valence-electron chi connectivity index (χ2n) is 7.64. The van der Waals surface area contributed by atoms with Crippen molar-refractivity contribution in [2.24, 2.45) is 0 Å². The number of rotatable bonds is 8. The number of benzene rings is 2. The highest BCUT2D eigenvalue weighted by atomic mass is 19.3. The molecule has 0 aliphatic carbocycles. The maximum absolute atomic E-state index is 12.7. The molecule has 1 atom stereocenters. The van der Waals surface area contributed by atoms with Gasteiger partial charge in [-0.2, -0.15) is 8.78 Å². The number of amides is 3. The van der Waals surface area contributed by atoms with Crippen molar-refractivity contribution >= 4 is 17.7 Å². The molecule has 1 N–H and O–H groups in total. The van der Waals surface area contributed by atoms with Gasteiger partial charge in [-0.1, -0.05) is 12.1 Å². The summed E-state index contributed by atoms with van der Waals surface area (Å²) in [5.74, 6) is -1.09. The molecule has 2 aliphatic heterocycles. The summed E-state index contributed by atoms with van der Waals surface area (Å²) in [5.41, 5.74) is 1.63. The summed E-state index contributed by atoms with van der Waals surface area (Å²) in [6.45, 7) is -1.72. The molecule has 2 aromatic rings. The number of imide groups is 1. The van der Waals surface area contributed by atoms with E-state index in [2.05, 4.69) is 10.1 Å². The van der Waals surface area contributed by atoms with Gasteiger partial charge < -0.3 is 14.8 Å². The molecular formula is C23H22F2N2O5. The van der Waals surface area contributed by atoms with Gasteiger partial charge in [-0.05, 0) is 55.2 Å². The lowest BCUT2D eigenvalue weighted by Crippen LogP contribution is -2.36. The van der Waals surface area contributed by atoms with Crippen molar-refractivity contribution in [2.75, 3.05) is 19.7 Å². The third-order valence-corrected chi connectivity index (χ3v) is 5.49. The summed E-state index contributed by atoms with van der Waals surface area (Å²) in [6.07, 6.45) is 2.06. The number of nitrogens with one attached hydrogen (secondary N) is 1. The van der Waals surface area contributed by atoms with Crippen molar-refractivity contribution in [1.82, 2.24) is 10.2 Å². The summed E-state index contributed by atoms with van der Waals surface area (Å²) >= 11 is 0. The Bertz CT molecular complexity index is 1020. The van der Waals surface area contributed by atoms with Gasteiger partial charge in [0.2, 0.25) is 0 Å². The molecule has 2 aliphatic rings. The van der Waals surface area contributed by atoms with Crippen LogP contribution < -0.4 is 10.1 Å². The van der Waals surface area contributed by atoms with Crippen LogP contribution in [0, 0.1) is 0 Å². The molecule has 1 saturated heterocycles. The van der Waals surface area contributed by atoms with Crippen LogP contribution in [0.15, 0.2) is 42.5 Å². The monoisotopic (exact) mass is 444 g/mol. The molecule has 1 unspecified atom stereocenters. The van der Waals surface area contributed by atoms with Crippen LogP contribution in [0.2, 0.25) is 0 Å². The Labute approximate surface area is 183 Å².